The predicted molar refractivity (Wildman–Crippen MR) is 106 cm³/mol. The molecule has 1 N–H and O–H groups in total. The van der Waals surface area contributed by atoms with Crippen molar-refractivity contribution >= 4 is 5.91 Å². The molecule has 0 saturated carbocycles. The second-order valence-corrected chi connectivity index (χ2v) is 7.28. The Morgan fingerprint density at radius 1 is 1.21 bits per heavy atom. The summed E-state index contributed by atoms with van der Waals surface area (Å²) in [6.45, 7) is 5.79. The Kier molecular flexibility index (Phi) is 5.05. The van der Waals surface area contributed by atoms with E-state index >= 15 is 0 Å². The van der Waals surface area contributed by atoms with Crippen LogP contribution in [0.25, 0.3) is 11.3 Å². The summed E-state index contributed by atoms with van der Waals surface area (Å²) in [6.07, 6.45) is 0.910. The normalized spacial score (nSPS) is 15.2. The highest BCUT2D eigenvalue weighted by Gasteiger charge is 2.23. The van der Waals surface area contributed by atoms with Gasteiger partial charge in [0.25, 0.3) is 5.91 Å². The highest BCUT2D eigenvalue weighted by atomic mass is 16.3. The number of carbonyl (C=O) groups is 1. The number of aromatic nitrogens is 2. The second kappa shape index (κ2) is 7.64. The first kappa shape index (κ1) is 18.5. The van der Waals surface area contributed by atoms with Gasteiger partial charge in [-0.2, -0.15) is 5.10 Å². The summed E-state index contributed by atoms with van der Waals surface area (Å²) in [6, 6.07) is 13.3. The van der Waals surface area contributed by atoms with E-state index in [2.05, 4.69) is 5.10 Å². The van der Waals surface area contributed by atoms with E-state index in [0.29, 0.717) is 30.8 Å². The average molecular weight is 379 g/mol. The molecule has 28 heavy (non-hydrogen) atoms. The minimum atomic E-state index is -0.554. The molecule has 0 radical (unpaired) electrons. The van der Waals surface area contributed by atoms with E-state index in [0.717, 1.165) is 35.7 Å². The molecule has 0 aliphatic carbocycles. The first-order valence-electron chi connectivity index (χ1n) is 9.76. The molecule has 1 aliphatic rings. The van der Waals surface area contributed by atoms with Gasteiger partial charge in [-0.25, -0.2) is 0 Å². The lowest BCUT2D eigenvalue weighted by atomic mass is 10.1. The molecule has 3 heterocycles. The maximum Gasteiger partial charge on any atom is 0.254 e. The molecule has 6 nitrogen and oxygen atoms in total. The Morgan fingerprint density at radius 2 is 2.00 bits per heavy atom. The average Bonchev–Trinajstić information content (AvgIpc) is 3.27. The van der Waals surface area contributed by atoms with Crippen molar-refractivity contribution in [3.8, 4) is 11.3 Å². The Balaban J connectivity index is 1.52. The third-order valence-corrected chi connectivity index (χ3v) is 5.21. The SMILES string of the molecule is CCC(O)c1cc2n(n1)CCCN(C(=O)c1ccc(-c3ccc(C)o3)cc1)C2. The molecule has 146 valence electrons. The smallest absolute Gasteiger partial charge is 0.254 e. The van der Waals surface area contributed by atoms with Crippen molar-refractivity contribution in [3.63, 3.8) is 0 Å². The van der Waals surface area contributed by atoms with Crippen LogP contribution in [0, 0.1) is 6.92 Å². The van der Waals surface area contributed by atoms with Gasteiger partial charge in [0.1, 0.15) is 11.5 Å². The van der Waals surface area contributed by atoms with Crippen LogP contribution in [0.3, 0.4) is 0 Å². The van der Waals surface area contributed by atoms with Crippen molar-refractivity contribution in [3.05, 3.63) is 65.2 Å². The van der Waals surface area contributed by atoms with Crippen molar-refractivity contribution in [2.45, 2.75) is 45.9 Å². The first-order chi connectivity index (χ1) is 13.5. The molecule has 6 heteroatoms. The predicted octanol–water partition coefficient (Wildman–Crippen LogP) is 3.94. The number of benzene rings is 1. The number of carbonyl (C=O) groups excluding carboxylic acids is 1. The van der Waals surface area contributed by atoms with Crippen LogP contribution in [0.2, 0.25) is 0 Å². The number of nitrogens with zero attached hydrogens (tertiary/aromatic N) is 3. The minimum Gasteiger partial charge on any atom is -0.461 e. The van der Waals surface area contributed by atoms with Gasteiger partial charge in [0.2, 0.25) is 0 Å². The molecule has 3 aromatic rings. The molecule has 0 spiro atoms. The standard InChI is InChI=1S/C22H25N3O3/c1-3-20(26)19-13-18-14-24(11-4-12-25(18)23-19)22(27)17-8-6-16(7-9-17)21-10-5-15(2)28-21/h5-10,13,20,26H,3-4,11-12,14H2,1-2H3. The number of aliphatic hydroxyl groups excluding tert-OH is 1. The van der Waals surface area contributed by atoms with Gasteiger partial charge in [-0.05, 0) is 50.1 Å². The van der Waals surface area contributed by atoms with Crippen LogP contribution in [0.4, 0.5) is 0 Å². The van der Waals surface area contributed by atoms with Crippen LogP contribution >= 0.6 is 0 Å². The highest BCUT2D eigenvalue weighted by Crippen LogP contribution is 2.24. The van der Waals surface area contributed by atoms with Gasteiger partial charge in [0.15, 0.2) is 0 Å². The lowest BCUT2D eigenvalue weighted by molar-refractivity contribution is 0.0745. The summed E-state index contributed by atoms with van der Waals surface area (Å²) in [5.41, 5.74) is 3.27. The van der Waals surface area contributed by atoms with Crippen molar-refractivity contribution < 1.29 is 14.3 Å². The number of furan rings is 1. The van der Waals surface area contributed by atoms with Gasteiger partial charge in [-0.1, -0.05) is 19.1 Å². The number of rotatable bonds is 4. The summed E-state index contributed by atoms with van der Waals surface area (Å²) in [4.78, 5) is 14.9. The number of aliphatic hydroxyl groups is 1. The first-order valence-corrected chi connectivity index (χ1v) is 9.76. The zero-order valence-electron chi connectivity index (χ0n) is 16.3. The minimum absolute atomic E-state index is 0.00872. The van der Waals surface area contributed by atoms with Crippen LogP contribution in [0.1, 0.15) is 53.4 Å². The van der Waals surface area contributed by atoms with Crippen molar-refractivity contribution in [1.82, 2.24) is 14.7 Å². The molecule has 0 saturated heterocycles. The number of aryl methyl sites for hydroxylation is 2. The number of hydrogen-bond acceptors (Lipinski definition) is 4. The van der Waals surface area contributed by atoms with Crippen LogP contribution in [0.15, 0.2) is 46.9 Å². The molecule has 1 amide bonds. The number of hydrogen-bond donors (Lipinski definition) is 1. The summed E-state index contributed by atoms with van der Waals surface area (Å²) < 4.78 is 7.57. The number of fused-ring (bicyclic) bond motifs is 1. The van der Waals surface area contributed by atoms with Crippen molar-refractivity contribution in [2.24, 2.45) is 0 Å². The molecule has 0 bridgehead atoms. The van der Waals surface area contributed by atoms with Gasteiger partial charge >= 0.3 is 0 Å². The van der Waals surface area contributed by atoms with Gasteiger partial charge in [0.05, 0.1) is 24.0 Å². The summed E-state index contributed by atoms with van der Waals surface area (Å²) in [5.74, 6) is 1.68. The van der Waals surface area contributed by atoms with E-state index < -0.39 is 6.10 Å². The van der Waals surface area contributed by atoms with Crippen molar-refractivity contribution in [2.75, 3.05) is 6.54 Å². The monoisotopic (exact) mass is 379 g/mol. The van der Waals surface area contributed by atoms with Crippen LogP contribution in [-0.4, -0.2) is 32.2 Å². The van der Waals surface area contributed by atoms with Gasteiger partial charge in [0, 0.05) is 24.2 Å². The van der Waals surface area contributed by atoms with Crippen molar-refractivity contribution in [1.29, 1.82) is 0 Å². The third kappa shape index (κ3) is 3.60. The van der Waals surface area contributed by atoms with Crippen LogP contribution in [0.5, 0.6) is 0 Å². The van der Waals surface area contributed by atoms with E-state index in [1.807, 2.05) is 65.9 Å². The maximum atomic E-state index is 13.0. The fourth-order valence-corrected chi connectivity index (χ4v) is 3.58. The zero-order chi connectivity index (χ0) is 19.7. The second-order valence-electron chi connectivity index (χ2n) is 7.28. The Hall–Kier alpha value is -2.86. The fraction of sp³-hybridized carbons (Fsp3) is 0.364. The van der Waals surface area contributed by atoms with Crippen LogP contribution in [-0.2, 0) is 13.1 Å². The van der Waals surface area contributed by atoms with E-state index in [4.69, 9.17) is 4.42 Å². The Morgan fingerprint density at radius 3 is 2.68 bits per heavy atom. The molecular formula is C22H25N3O3. The van der Waals surface area contributed by atoms with E-state index in [-0.39, 0.29) is 5.91 Å². The zero-order valence-corrected chi connectivity index (χ0v) is 16.3. The molecule has 1 atom stereocenters. The number of amides is 1. The Labute approximate surface area is 164 Å². The topological polar surface area (TPSA) is 71.5 Å². The lowest BCUT2D eigenvalue weighted by Gasteiger charge is -2.20. The quantitative estimate of drug-likeness (QED) is 0.745. The third-order valence-electron chi connectivity index (χ3n) is 5.21. The Bertz CT molecular complexity index is 971. The molecule has 0 fully saturated rings. The largest absolute Gasteiger partial charge is 0.461 e. The summed E-state index contributed by atoms with van der Waals surface area (Å²) in [5, 5.41) is 14.6. The highest BCUT2D eigenvalue weighted by molar-refractivity contribution is 5.94. The molecule has 4 rings (SSSR count). The van der Waals surface area contributed by atoms with Gasteiger partial charge in [-0.3, -0.25) is 9.48 Å². The maximum absolute atomic E-state index is 13.0. The van der Waals surface area contributed by atoms with E-state index in [9.17, 15) is 9.90 Å². The molecule has 1 aromatic carbocycles. The molecule has 2 aromatic heterocycles. The molecular weight excluding hydrogens is 354 g/mol. The fourth-order valence-electron chi connectivity index (χ4n) is 3.58. The van der Waals surface area contributed by atoms with E-state index in [1.54, 1.807) is 0 Å². The van der Waals surface area contributed by atoms with Gasteiger partial charge in [-0.15, -0.1) is 0 Å². The van der Waals surface area contributed by atoms with Crippen LogP contribution < -0.4 is 0 Å². The van der Waals surface area contributed by atoms with Gasteiger partial charge < -0.3 is 14.4 Å². The summed E-state index contributed by atoms with van der Waals surface area (Å²) >= 11 is 0. The summed E-state index contributed by atoms with van der Waals surface area (Å²) in [7, 11) is 0. The molecule has 1 unspecified atom stereocenters. The molecule has 1 aliphatic heterocycles. The lowest BCUT2D eigenvalue weighted by Crippen LogP contribution is -2.30. The van der Waals surface area contributed by atoms with E-state index in [1.165, 1.54) is 0 Å².